The van der Waals surface area contributed by atoms with Crippen LogP contribution in [0.4, 0.5) is 5.95 Å². The number of aliphatic hydroxyl groups is 1. The fourth-order valence-corrected chi connectivity index (χ4v) is 7.23. The summed E-state index contributed by atoms with van der Waals surface area (Å²) in [4.78, 5) is 26.8. The highest BCUT2D eigenvalue weighted by Crippen LogP contribution is 2.55. The van der Waals surface area contributed by atoms with Gasteiger partial charge in [-0.25, -0.2) is 9.97 Å². The molecule has 1 saturated carbocycles. The molecular weight excluding hydrogens is 528 g/mol. The number of carbonyl (C=O) groups excluding carboxylic acids is 1. The zero-order chi connectivity index (χ0) is 30.2. The number of ether oxygens (including phenoxy) is 1. The van der Waals surface area contributed by atoms with Crippen molar-refractivity contribution in [1.82, 2.24) is 20.2 Å². The summed E-state index contributed by atoms with van der Waals surface area (Å²) in [6.07, 6.45) is 9.94. The monoisotopic (exact) mass is 572 g/mol. The number of nitriles is 1. The number of hydrogen-bond donors (Lipinski definition) is 2. The van der Waals surface area contributed by atoms with Crippen LogP contribution in [0.15, 0.2) is 36.8 Å². The first-order valence-corrected chi connectivity index (χ1v) is 15.1. The predicted molar refractivity (Wildman–Crippen MR) is 162 cm³/mol. The van der Waals surface area contributed by atoms with E-state index in [1.165, 1.54) is 0 Å². The van der Waals surface area contributed by atoms with E-state index in [1.807, 2.05) is 24.8 Å². The second kappa shape index (κ2) is 11.7. The lowest BCUT2D eigenvalue weighted by atomic mass is 9.49. The highest BCUT2D eigenvalue weighted by atomic mass is 16.5. The van der Waals surface area contributed by atoms with Gasteiger partial charge in [0.05, 0.1) is 23.3 Å². The van der Waals surface area contributed by atoms with Crippen LogP contribution >= 0.6 is 0 Å². The quantitative estimate of drug-likeness (QED) is 0.503. The molecule has 3 heterocycles. The van der Waals surface area contributed by atoms with Crippen molar-refractivity contribution in [3.63, 3.8) is 0 Å². The molecule has 2 fully saturated rings. The number of nitrogens with one attached hydrogen (secondary N) is 1. The summed E-state index contributed by atoms with van der Waals surface area (Å²) in [6, 6.07) is 5.79. The van der Waals surface area contributed by atoms with Gasteiger partial charge >= 0.3 is 0 Å². The van der Waals surface area contributed by atoms with Crippen LogP contribution in [0.5, 0.6) is 5.75 Å². The smallest absolute Gasteiger partial charge is 0.254 e. The lowest BCUT2D eigenvalue weighted by molar-refractivity contribution is -0.164. The third kappa shape index (κ3) is 5.75. The van der Waals surface area contributed by atoms with Crippen molar-refractivity contribution in [2.45, 2.75) is 79.1 Å². The Balaban J connectivity index is 1.18. The Bertz CT molecular complexity index is 1360. The number of rotatable bonds is 7. The fourth-order valence-electron chi connectivity index (χ4n) is 7.23. The standard InChI is InChI=1S/C33H44N6O3/c1-21-22(2)27(8-7-24(21)17-34)42-30-32(3,4)29(33(30,5)6)37-28(41)25-18-35-31(36-19-25)39-15-9-23(10-16-39)20-38-13-11-26(40)12-14-38/h7-9,15,18-19,23,26,29-30,40H,10-14,16,20H2,1-6H3,(H,37,41). The molecule has 9 nitrogen and oxygen atoms in total. The van der Waals surface area contributed by atoms with E-state index in [0.29, 0.717) is 23.0 Å². The number of carbonyl (C=O) groups is 1. The van der Waals surface area contributed by atoms with E-state index in [-0.39, 0.29) is 35.0 Å². The molecule has 2 aromatic rings. The van der Waals surface area contributed by atoms with Gasteiger partial charge in [-0.15, -0.1) is 0 Å². The molecule has 5 rings (SSSR count). The van der Waals surface area contributed by atoms with Crippen LogP contribution in [0.25, 0.3) is 0 Å². The van der Waals surface area contributed by atoms with Crippen LogP contribution in [0, 0.1) is 41.9 Å². The van der Waals surface area contributed by atoms with Crippen LogP contribution in [0.2, 0.25) is 0 Å². The van der Waals surface area contributed by atoms with Crippen molar-refractivity contribution < 1.29 is 14.6 Å². The van der Waals surface area contributed by atoms with Crippen molar-refractivity contribution in [2.75, 3.05) is 31.1 Å². The average Bonchev–Trinajstić information content (AvgIpc) is 2.98. The van der Waals surface area contributed by atoms with Crippen LogP contribution in [0.3, 0.4) is 0 Å². The maximum absolute atomic E-state index is 13.3. The van der Waals surface area contributed by atoms with Gasteiger partial charge in [0.1, 0.15) is 11.9 Å². The summed E-state index contributed by atoms with van der Waals surface area (Å²) in [5.74, 6) is 1.65. The number of piperidine rings is 1. The van der Waals surface area contributed by atoms with Gasteiger partial charge in [0.25, 0.3) is 5.91 Å². The molecule has 1 aromatic carbocycles. The molecule has 1 aliphatic carbocycles. The number of anilines is 1. The molecule has 2 N–H and O–H groups in total. The van der Waals surface area contributed by atoms with Gasteiger partial charge < -0.3 is 25.0 Å². The van der Waals surface area contributed by atoms with Crippen LogP contribution < -0.4 is 15.0 Å². The molecular formula is C33H44N6O3. The summed E-state index contributed by atoms with van der Waals surface area (Å²) in [5, 5.41) is 22.3. The van der Waals surface area contributed by atoms with E-state index in [1.54, 1.807) is 18.5 Å². The molecule has 42 heavy (non-hydrogen) atoms. The number of likely N-dealkylation sites (tertiary alicyclic amines) is 1. The number of amides is 1. The van der Waals surface area contributed by atoms with Gasteiger partial charge in [-0.1, -0.05) is 33.8 Å². The van der Waals surface area contributed by atoms with Crippen LogP contribution in [-0.4, -0.2) is 70.3 Å². The van der Waals surface area contributed by atoms with Gasteiger partial charge in [0.15, 0.2) is 0 Å². The largest absolute Gasteiger partial charge is 0.489 e. The summed E-state index contributed by atoms with van der Waals surface area (Å²) >= 11 is 0. The Hall–Kier alpha value is -3.48. The van der Waals surface area contributed by atoms with E-state index in [2.05, 4.69) is 66.2 Å². The van der Waals surface area contributed by atoms with Crippen molar-refractivity contribution in [3.05, 3.63) is 59.1 Å². The van der Waals surface area contributed by atoms with E-state index in [0.717, 1.165) is 62.3 Å². The third-order valence-electron chi connectivity index (χ3n) is 9.70. The van der Waals surface area contributed by atoms with Crippen LogP contribution in [0.1, 0.15) is 74.0 Å². The molecule has 2 aliphatic heterocycles. The molecule has 3 aliphatic rings. The number of benzene rings is 1. The Morgan fingerprint density at radius 3 is 2.33 bits per heavy atom. The summed E-state index contributed by atoms with van der Waals surface area (Å²) in [5.41, 5.74) is 2.33. The Morgan fingerprint density at radius 2 is 1.74 bits per heavy atom. The van der Waals surface area contributed by atoms with Gasteiger partial charge in [-0.3, -0.25) is 4.79 Å². The minimum atomic E-state index is -0.322. The predicted octanol–water partition coefficient (Wildman–Crippen LogP) is 4.37. The zero-order valence-corrected chi connectivity index (χ0v) is 25.7. The molecule has 1 unspecified atom stereocenters. The maximum Gasteiger partial charge on any atom is 0.254 e. The molecule has 1 atom stereocenters. The van der Waals surface area contributed by atoms with Gasteiger partial charge in [0.2, 0.25) is 5.95 Å². The molecule has 9 heteroatoms. The normalized spacial score (nSPS) is 25.4. The average molecular weight is 573 g/mol. The third-order valence-corrected chi connectivity index (χ3v) is 9.70. The van der Waals surface area contributed by atoms with Gasteiger partial charge in [0, 0.05) is 61.6 Å². The van der Waals surface area contributed by atoms with Crippen LogP contribution in [-0.2, 0) is 0 Å². The molecule has 0 radical (unpaired) electrons. The van der Waals surface area contributed by atoms with Crippen molar-refractivity contribution in [1.29, 1.82) is 5.26 Å². The summed E-state index contributed by atoms with van der Waals surface area (Å²) in [7, 11) is 0. The minimum absolute atomic E-state index is 0.118. The van der Waals surface area contributed by atoms with E-state index >= 15 is 0 Å². The Morgan fingerprint density at radius 1 is 1.07 bits per heavy atom. The first-order valence-electron chi connectivity index (χ1n) is 15.1. The first-order chi connectivity index (χ1) is 19.9. The minimum Gasteiger partial charge on any atom is -0.489 e. The van der Waals surface area contributed by atoms with Crippen molar-refractivity contribution in [2.24, 2.45) is 16.7 Å². The summed E-state index contributed by atoms with van der Waals surface area (Å²) in [6.45, 7) is 16.1. The lowest BCUT2D eigenvalue weighted by Gasteiger charge is -2.63. The first kappa shape index (κ1) is 30.0. The van der Waals surface area contributed by atoms with Gasteiger partial charge in [-0.05, 0) is 62.3 Å². The molecule has 224 valence electrons. The van der Waals surface area contributed by atoms with Gasteiger partial charge in [-0.2, -0.15) is 5.26 Å². The number of aliphatic hydroxyl groups excluding tert-OH is 1. The second-order valence-electron chi connectivity index (χ2n) is 13.4. The van der Waals surface area contributed by atoms with E-state index in [9.17, 15) is 15.2 Å². The number of nitrogens with zero attached hydrogens (tertiary/aromatic N) is 5. The van der Waals surface area contributed by atoms with E-state index < -0.39 is 0 Å². The summed E-state index contributed by atoms with van der Waals surface area (Å²) < 4.78 is 6.54. The SMILES string of the molecule is Cc1c(C#N)ccc(OC2C(C)(C)C(NC(=O)c3cnc(N4C=CC(CN5CCC(O)CC5)CC4)nc3)C2(C)C)c1C. The highest BCUT2D eigenvalue weighted by molar-refractivity contribution is 5.94. The number of hydrogen-bond acceptors (Lipinski definition) is 8. The molecule has 1 saturated heterocycles. The molecule has 1 amide bonds. The number of aromatic nitrogens is 2. The van der Waals surface area contributed by atoms with Crippen molar-refractivity contribution in [3.8, 4) is 11.8 Å². The lowest BCUT2D eigenvalue weighted by Crippen LogP contribution is -2.74. The Kier molecular flexibility index (Phi) is 8.32. The Labute approximate surface area is 249 Å². The molecule has 0 bridgehead atoms. The molecule has 1 aromatic heterocycles. The molecule has 0 spiro atoms. The maximum atomic E-state index is 13.3. The zero-order valence-electron chi connectivity index (χ0n) is 25.7. The topological polar surface area (TPSA) is 115 Å². The fraction of sp³-hybridized carbons (Fsp3) is 0.576. The van der Waals surface area contributed by atoms with E-state index in [4.69, 9.17) is 4.74 Å². The second-order valence-corrected chi connectivity index (χ2v) is 13.4. The van der Waals surface area contributed by atoms with Crippen molar-refractivity contribution >= 4 is 11.9 Å². The highest BCUT2D eigenvalue weighted by Gasteiger charge is 2.64.